The number of thioether (sulfide) groups is 1. The summed E-state index contributed by atoms with van der Waals surface area (Å²) in [6, 6.07) is 10.5. The summed E-state index contributed by atoms with van der Waals surface area (Å²) in [6.07, 6.45) is 2.08. The van der Waals surface area contributed by atoms with Crippen LogP contribution in [0.25, 0.3) is 11.4 Å². The molecule has 1 heterocycles. The predicted octanol–water partition coefficient (Wildman–Crippen LogP) is 3.92. The molecular weight excluding hydrogens is 278 g/mol. The summed E-state index contributed by atoms with van der Waals surface area (Å²) in [5.74, 6) is 1.45. The fraction of sp³-hybridized carbons (Fsp3) is 0.412. The smallest absolute Gasteiger partial charge is 0.159 e. The van der Waals surface area contributed by atoms with E-state index in [2.05, 4.69) is 59.7 Å². The van der Waals surface area contributed by atoms with Crippen molar-refractivity contribution in [3.05, 3.63) is 41.7 Å². The highest BCUT2D eigenvalue weighted by Gasteiger charge is 2.05. The molecule has 0 aliphatic heterocycles. The van der Waals surface area contributed by atoms with Gasteiger partial charge in [0.05, 0.1) is 5.69 Å². The highest BCUT2D eigenvalue weighted by molar-refractivity contribution is 7.98. The normalized spacial score (nSPS) is 11.1. The fourth-order valence-corrected chi connectivity index (χ4v) is 2.49. The van der Waals surface area contributed by atoms with E-state index in [1.54, 1.807) is 11.8 Å². The van der Waals surface area contributed by atoms with Gasteiger partial charge < -0.3 is 5.32 Å². The molecule has 0 fully saturated rings. The molecule has 21 heavy (non-hydrogen) atoms. The van der Waals surface area contributed by atoms with Gasteiger partial charge in [-0.1, -0.05) is 26.0 Å². The molecule has 0 radical (unpaired) electrons. The topological polar surface area (TPSA) is 37.8 Å². The molecule has 3 nitrogen and oxygen atoms in total. The Morgan fingerprint density at radius 1 is 1.14 bits per heavy atom. The molecule has 1 aromatic carbocycles. The van der Waals surface area contributed by atoms with E-state index in [9.17, 15) is 0 Å². The largest absolute Gasteiger partial charge is 0.311 e. The van der Waals surface area contributed by atoms with Crippen molar-refractivity contribution in [2.24, 2.45) is 5.92 Å². The van der Waals surface area contributed by atoms with Gasteiger partial charge in [0.15, 0.2) is 5.82 Å². The molecule has 0 aliphatic rings. The molecule has 1 aromatic heterocycles. The Morgan fingerprint density at radius 3 is 2.48 bits per heavy atom. The van der Waals surface area contributed by atoms with Crippen molar-refractivity contribution < 1.29 is 0 Å². The third-order valence-electron chi connectivity index (χ3n) is 3.11. The van der Waals surface area contributed by atoms with Crippen molar-refractivity contribution >= 4 is 11.8 Å². The van der Waals surface area contributed by atoms with E-state index in [1.807, 2.05) is 13.0 Å². The Labute approximate surface area is 131 Å². The minimum absolute atomic E-state index is 0.645. The van der Waals surface area contributed by atoms with Gasteiger partial charge in [0, 0.05) is 22.7 Å². The lowest BCUT2D eigenvalue weighted by Crippen LogP contribution is -2.20. The maximum atomic E-state index is 4.68. The summed E-state index contributed by atoms with van der Waals surface area (Å²) in [5, 5.41) is 3.43. The molecule has 112 valence electrons. The first kappa shape index (κ1) is 16.0. The highest BCUT2D eigenvalue weighted by atomic mass is 32.2. The summed E-state index contributed by atoms with van der Waals surface area (Å²) in [4.78, 5) is 10.5. The van der Waals surface area contributed by atoms with Crippen LogP contribution in [-0.4, -0.2) is 22.8 Å². The fourth-order valence-electron chi connectivity index (χ4n) is 2.08. The molecule has 0 amide bonds. The van der Waals surface area contributed by atoms with Gasteiger partial charge in [-0.05, 0) is 43.8 Å². The van der Waals surface area contributed by atoms with E-state index in [4.69, 9.17) is 0 Å². The number of aromatic nitrogens is 2. The minimum atomic E-state index is 0.645. The number of nitrogens with zero attached hydrogens (tertiary/aromatic N) is 2. The van der Waals surface area contributed by atoms with Crippen molar-refractivity contribution in [3.63, 3.8) is 0 Å². The van der Waals surface area contributed by atoms with Crippen LogP contribution in [0.15, 0.2) is 35.2 Å². The Balaban J connectivity index is 2.17. The monoisotopic (exact) mass is 301 g/mol. The van der Waals surface area contributed by atoms with Gasteiger partial charge in [-0.15, -0.1) is 11.8 Å². The quantitative estimate of drug-likeness (QED) is 0.821. The Bertz CT molecular complexity index is 579. The summed E-state index contributed by atoms with van der Waals surface area (Å²) in [5.41, 5.74) is 3.13. The number of hydrogen-bond donors (Lipinski definition) is 1. The van der Waals surface area contributed by atoms with Gasteiger partial charge in [-0.25, -0.2) is 9.97 Å². The van der Waals surface area contributed by atoms with Crippen LogP contribution < -0.4 is 5.32 Å². The van der Waals surface area contributed by atoms with Gasteiger partial charge >= 0.3 is 0 Å². The molecule has 0 atom stereocenters. The molecule has 2 aromatic rings. The number of nitrogens with one attached hydrogen (secondary N) is 1. The van der Waals surface area contributed by atoms with Crippen LogP contribution in [-0.2, 0) is 6.54 Å². The maximum Gasteiger partial charge on any atom is 0.159 e. The van der Waals surface area contributed by atoms with Crippen LogP contribution in [0.1, 0.15) is 25.2 Å². The molecule has 0 aliphatic carbocycles. The molecule has 2 rings (SSSR count). The third kappa shape index (κ3) is 4.83. The second-order valence-corrected chi connectivity index (χ2v) is 6.46. The Hall–Kier alpha value is -1.39. The van der Waals surface area contributed by atoms with E-state index in [0.29, 0.717) is 5.92 Å². The average molecular weight is 301 g/mol. The van der Waals surface area contributed by atoms with Crippen LogP contribution in [0, 0.1) is 12.8 Å². The first-order chi connectivity index (χ1) is 10.1. The van der Waals surface area contributed by atoms with Gasteiger partial charge in [0.2, 0.25) is 0 Å². The number of benzene rings is 1. The molecule has 0 saturated carbocycles. The zero-order chi connectivity index (χ0) is 15.2. The van der Waals surface area contributed by atoms with E-state index in [-0.39, 0.29) is 0 Å². The number of rotatable bonds is 6. The summed E-state index contributed by atoms with van der Waals surface area (Å²) in [6.45, 7) is 8.22. The zero-order valence-electron chi connectivity index (χ0n) is 13.2. The van der Waals surface area contributed by atoms with Crippen LogP contribution in [0.4, 0.5) is 0 Å². The molecule has 4 heteroatoms. The van der Waals surface area contributed by atoms with Crippen LogP contribution >= 0.6 is 11.8 Å². The van der Waals surface area contributed by atoms with Crippen molar-refractivity contribution in [1.29, 1.82) is 0 Å². The molecular formula is C17H23N3S. The van der Waals surface area contributed by atoms with E-state index in [1.165, 1.54) is 4.90 Å². The Kier molecular flexibility index (Phi) is 5.76. The lowest BCUT2D eigenvalue weighted by molar-refractivity contribution is 0.548. The van der Waals surface area contributed by atoms with E-state index >= 15 is 0 Å². The van der Waals surface area contributed by atoms with Gasteiger partial charge in [0.25, 0.3) is 0 Å². The SMILES string of the molecule is CSc1ccc(-c2nc(C)cc(CNCC(C)C)n2)cc1. The Morgan fingerprint density at radius 2 is 1.86 bits per heavy atom. The molecule has 0 saturated heterocycles. The summed E-state index contributed by atoms with van der Waals surface area (Å²) >= 11 is 1.74. The van der Waals surface area contributed by atoms with Crippen molar-refractivity contribution in [2.45, 2.75) is 32.2 Å². The predicted molar refractivity (Wildman–Crippen MR) is 90.5 cm³/mol. The highest BCUT2D eigenvalue weighted by Crippen LogP contribution is 2.21. The average Bonchev–Trinajstić information content (AvgIpc) is 2.46. The lowest BCUT2D eigenvalue weighted by Gasteiger charge is -2.09. The van der Waals surface area contributed by atoms with Crippen molar-refractivity contribution in [1.82, 2.24) is 15.3 Å². The van der Waals surface area contributed by atoms with Gasteiger partial charge in [-0.3, -0.25) is 0 Å². The molecule has 0 unspecified atom stereocenters. The second kappa shape index (κ2) is 7.57. The first-order valence-corrected chi connectivity index (χ1v) is 8.50. The van der Waals surface area contributed by atoms with Crippen molar-refractivity contribution in [2.75, 3.05) is 12.8 Å². The number of aryl methyl sites for hydroxylation is 1. The maximum absolute atomic E-state index is 4.68. The number of hydrogen-bond acceptors (Lipinski definition) is 4. The van der Waals surface area contributed by atoms with Gasteiger partial charge in [-0.2, -0.15) is 0 Å². The van der Waals surface area contributed by atoms with Gasteiger partial charge in [0.1, 0.15) is 0 Å². The molecule has 0 bridgehead atoms. The summed E-state index contributed by atoms with van der Waals surface area (Å²) < 4.78 is 0. The van der Waals surface area contributed by atoms with E-state index in [0.717, 1.165) is 35.9 Å². The van der Waals surface area contributed by atoms with Crippen LogP contribution in [0.2, 0.25) is 0 Å². The second-order valence-electron chi connectivity index (χ2n) is 5.58. The zero-order valence-corrected chi connectivity index (χ0v) is 14.0. The standard InChI is InChI=1S/C17H23N3S/c1-12(2)10-18-11-15-9-13(3)19-17(20-15)14-5-7-16(21-4)8-6-14/h5-9,12,18H,10-11H2,1-4H3. The molecule has 1 N–H and O–H groups in total. The van der Waals surface area contributed by atoms with Crippen LogP contribution in [0.5, 0.6) is 0 Å². The lowest BCUT2D eigenvalue weighted by atomic mass is 10.2. The molecule has 0 spiro atoms. The van der Waals surface area contributed by atoms with Crippen molar-refractivity contribution in [3.8, 4) is 11.4 Å². The summed E-state index contributed by atoms with van der Waals surface area (Å²) in [7, 11) is 0. The van der Waals surface area contributed by atoms with Crippen LogP contribution in [0.3, 0.4) is 0 Å². The first-order valence-electron chi connectivity index (χ1n) is 7.28. The van der Waals surface area contributed by atoms with E-state index < -0.39 is 0 Å². The minimum Gasteiger partial charge on any atom is -0.311 e. The third-order valence-corrected chi connectivity index (χ3v) is 3.86.